The van der Waals surface area contributed by atoms with Crippen molar-refractivity contribution in [3.05, 3.63) is 45.4 Å². The second-order valence-electron chi connectivity index (χ2n) is 9.48. The summed E-state index contributed by atoms with van der Waals surface area (Å²) >= 11 is 10.2. The van der Waals surface area contributed by atoms with E-state index in [1.54, 1.807) is 0 Å². The van der Waals surface area contributed by atoms with Gasteiger partial charge in [-0.1, -0.05) is 27.5 Å². The van der Waals surface area contributed by atoms with Crippen molar-refractivity contribution in [3.63, 3.8) is 0 Å². The number of halogens is 2. The molecule has 34 heavy (non-hydrogen) atoms. The molecule has 1 saturated heterocycles. The normalized spacial score (nSPS) is 14.0. The van der Waals surface area contributed by atoms with Crippen molar-refractivity contribution in [2.75, 3.05) is 36.5 Å². The molecule has 2 aromatic carbocycles. The standard InChI is InChI=1S/C26H35BrClN3O3/c1-5-33-23-13-18(20(27)15-24(23)34-17-25(32)30-26(2,3)4)16-29-19-9-10-22(21(28)14-19)31-11-7-6-8-12-31/h9-10,13-15,29H,5-8,11-12,16-17H2,1-4H3,(H,30,32). The van der Waals surface area contributed by atoms with Crippen LogP contribution < -0.4 is 25.0 Å². The van der Waals surface area contributed by atoms with Gasteiger partial charge in [-0.25, -0.2) is 0 Å². The Balaban J connectivity index is 1.67. The SMILES string of the molecule is CCOc1cc(CNc2ccc(N3CCCCC3)c(Cl)c2)c(Br)cc1OCC(=O)NC(C)(C)C. The Morgan fingerprint density at radius 3 is 2.44 bits per heavy atom. The fourth-order valence-electron chi connectivity index (χ4n) is 3.90. The van der Waals surface area contributed by atoms with Gasteiger partial charge in [0.1, 0.15) is 0 Å². The van der Waals surface area contributed by atoms with E-state index in [4.69, 9.17) is 21.1 Å². The lowest BCUT2D eigenvalue weighted by molar-refractivity contribution is -0.124. The minimum atomic E-state index is -0.311. The van der Waals surface area contributed by atoms with Gasteiger partial charge in [0.25, 0.3) is 5.91 Å². The molecule has 6 nitrogen and oxygen atoms in total. The molecule has 0 spiro atoms. The van der Waals surface area contributed by atoms with Crippen molar-refractivity contribution < 1.29 is 14.3 Å². The lowest BCUT2D eigenvalue weighted by Crippen LogP contribution is -2.43. The molecule has 0 atom stereocenters. The molecule has 0 radical (unpaired) electrons. The number of rotatable bonds is 9. The molecule has 1 aliphatic heterocycles. The molecule has 1 heterocycles. The van der Waals surface area contributed by atoms with Crippen molar-refractivity contribution in [1.29, 1.82) is 0 Å². The molecular formula is C26H35BrClN3O3. The third kappa shape index (κ3) is 7.70. The van der Waals surface area contributed by atoms with Crippen LogP contribution in [-0.4, -0.2) is 37.7 Å². The number of benzene rings is 2. The van der Waals surface area contributed by atoms with E-state index in [1.807, 2.05) is 45.9 Å². The Morgan fingerprint density at radius 2 is 1.79 bits per heavy atom. The summed E-state index contributed by atoms with van der Waals surface area (Å²) in [7, 11) is 0. The number of carbonyl (C=O) groups excluding carboxylic acids is 1. The molecule has 0 saturated carbocycles. The van der Waals surface area contributed by atoms with E-state index in [9.17, 15) is 4.79 Å². The first kappa shape index (κ1) is 26.5. The van der Waals surface area contributed by atoms with Gasteiger partial charge in [-0.05, 0) is 82.9 Å². The summed E-state index contributed by atoms with van der Waals surface area (Å²) in [4.78, 5) is 14.5. The summed E-state index contributed by atoms with van der Waals surface area (Å²) in [5.41, 5.74) is 2.75. The van der Waals surface area contributed by atoms with Gasteiger partial charge in [-0.3, -0.25) is 4.79 Å². The van der Waals surface area contributed by atoms with Crippen LogP contribution in [0.4, 0.5) is 11.4 Å². The maximum absolute atomic E-state index is 12.2. The number of anilines is 2. The third-order valence-corrected chi connectivity index (χ3v) is 6.45. The maximum atomic E-state index is 12.2. The van der Waals surface area contributed by atoms with E-state index in [0.717, 1.165) is 39.5 Å². The first-order valence-corrected chi connectivity index (χ1v) is 13.0. The van der Waals surface area contributed by atoms with Gasteiger partial charge in [0.2, 0.25) is 0 Å². The highest BCUT2D eigenvalue weighted by Crippen LogP contribution is 2.35. The summed E-state index contributed by atoms with van der Waals surface area (Å²) < 4.78 is 12.4. The van der Waals surface area contributed by atoms with E-state index >= 15 is 0 Å². The van der Waals surface area contributed by atoms with Gasteiger partial charge in [-0.2, -0.15) is 0 Å². The van der Waals surface area contributed by atoms with Crippen LogP contribution in [0.5, 0.6) is 11.5 Å². The molecule has 0 aliphatic carbocycles. The Hall–Kier alpha value is -2.12. The second kappa shape index (κ2) is 12.0. The first-order valence-electron chi connectivity index (χ1n) is 11.8. The van der Waals surface area contributed by atoms with E-state index in [2.05, 4.69) is 43.6 Å². The molecule has 186 valence electrons. The first-order chi connectivity index (χ1) is 16.2. The smallest absolute Gasteiger partial charge is 0.258 e. The number of hydrogen-bond donors (Lipinski definition) is 2. The van der Waals surface area contributed by atoms with Crippen molar-refractivity contribution in [2.24, 2.45) is 0 Å². The summed E-state index contributed by atoms with van der Waals surface area (Å²) in [5, 5.41) is 7.10. The lowest BCUT2D eigenvalue weighted by atomic mass is 10.1. The predicted molar refractivity (Wildman–Crippen MR) is 144 cm³/mol. The Kier molecular flexibility index (Phi) is 9.37. The highest BCUT2D eigenvalue weighted by atomic mass is 79.9. The van der Waals surface area contributed by atoms with E-state index in [0.29, 0.717) is 24.7 Å². The molecule has 1 amide bonds. The second-order valence-corrected chi connectivity index (χ2v) is 10.7. The number of piperidine rings is 1. The number of nitrogens with zero attached hydrogens (tertiary/aromatic N) is 1. The van der Waals surface area contributed by atoms with E-state index in [-0.39, 0.29) is 18.1 Å². The van der Waals surface area contributed by atoms with Gasteiger partial charge >= 0.3 is 0 Å². The maximum Gasteiger partial charge on any atom is 0.258 e. The minimum Gasteiger partial charge on any atom is -0.490 e. The highest BCUT2D eigenvalue weighted by Gasteiger charge is 2.17. The number of ether oxygens (including phenoxy) is 2. The average molecular weight is 553 g/mol. The Bertz CT molecular complexity index is 988. The number of nitrogens with one attached hydrogen (secondary N) is 2. The molecule has 1 fully saturated rings. The van der Waals surface area contributed by atoms with Crippen molar-refractivity contribution in [3.8, 4) is 11.5 Å². The van der Waals surface area contributed by atoms with Crippen LogP contribution in [0.2, 0.25) is 5.02 Å². The topological polar surface area (TPSA) is 62.8 Å². The largest absolute Gasteiger partial charge is 0.490 e. The van der Waals surface area contributed by atoms with Crippen LogP contribution in [-0.2, 0) is 11.3 Å². The highest BCUT2D eigenvalue weighted by molar-refractivity contribution is 9.10. The van der Waals surface area contributed by atoms with Crippen LogP contribution in [0.25, 0.3) is 0 Å². The zero-order valence-corrected chi connectivity index (χ0v) is 22.8. The van der Waals surface area contributed by atoms with Gasteiger partial charge in [-0.15, -0.1) is 0 Å². The van der Waals surface area contributed by atoms with Crippen LogP contribution >= 0.6 is 27.5 Å². The van der Waals surface area contributed by atoms with Crippen molar-refractivity contribution >= 4 is 44.8 Å². The number of amides is 1. The summed E-state index contributed by atoms with van der Waals surface area (Å²) in [6, 6.07) is 9.92. The van der Waals surface area contributed by atoms with Gasteiger partial charge in [0.05, 0.1) is 17.3 Å². The molecule has 0 bridgehead atoms. The third-order valence-electron chi connectivity index (χ3n) is 5.41. The fourth-order valence-corrected chi connectivity index (χ4v) is 4.66. The molecule has 0 unspecified atom stereocenters. The molecular weight excluding hydrogens is 518 g/mol. The molecule has 0 aromatic heterocycles. The number of carbonyl (C=O) groups is 1. The zero-order chi connectivity index (χ0) is 24.7. The molecule has 3 rings (SSSR count). The van der Waals surface area contributed by atoms with Gasteiger partial charge in [0, 0.05) is 35.3 Å². The lowest BCUT2D eigenvalue weighted by Gasteiger charge is -2.29. The van der Waals surface area contributed by atoms with E-state index in [1.165, 1.54) is 19.3 Å². The zero-order valence-electron chi connectivity index (χ0n) is 20.5. The van der Waals surface area contributed by atoms with E-state index < -0.39 is 0 Å². The van der Waals surface area contributed by atoms with Crippen LogP contribution in [0.3, 0.4) is 0 Å². The minimum absolute atomic E-state index is 0.0801. The van der Waals surface area contributed by atoms with Crippen molar-refractivity contribution in [2.45, 2.75) is 59.0 Å². The quantitative estimate of drug-likeness (QED) is 0.377. The Labute approximate surface area is 216 Å². The van der Waals surface area contributed by atoms with Crippen LogP contribution in [0, 0.1) is 0 Å². The van der Waals surface area contributed by atoms with Gasteiger partial charge in [0.15, 0.2) is 18.1 Å². The van der Waals surface area contributed by atoms with Gasteiger partial charge < -0.3 is 25.0 Å². The Morgan fingerprint density at radius 1 is 1.09 bits per heavy atom. The van der Waals surface area contributed by atoms with Crippen molar-refractivity contribution in [1.82, 2.24) is 5.32 Å². The fraction of sp³-hybridized carbons (Fsp3) is 0.500. The predicted octanol–water partition coefficient (Wildman–Crippen LogP) is 6.40. The summed E-state index contributed by atoms with van der Waals surface area (Å²) in [6.45, 7) is 10.8. The molecule has 1 aliphatic rings. The summed E-state index contributed by atoms with van der Waals surface area (Å²) in [6.07, 6.45) is 3.72. The monoisotopic (exact) mass is 551 g/mol. The molecule has 2 aromatic rings. The molecule has 8 heteroatoms. The molecule has 2 N–H and O–H groups in total. The van der Waals surface area contributed by atoms with Crippen LogP contribution in [0.1, 0.15) is 52.5 Å². The summed E-state index contributed by atoms with van der Waals surface area (Å²) in [5.74, 6) is 0.946. The number of hydrogen-bond acceptors (Lipinski definition) is 5. The van der Waals surface area contributed by atoms with Crippen LogP contribution in [0.15, 0.2) is 34.8 Å². The average Bonchev–Trinajstić information content (AvgIpc) is 2.77.